The minimum atomic E-state index is -3.43. The maximum atomic E-state index is 12.2. The fraction of sp³-hybridized carbons (Fsp3) is 0.429. The van der Waals surface area contributed by atoms with E-state index in [-0.39, 0.29) is 5.91 Å². The van der Waals surface area contributed by atoms with Crippen LogP contribution in [-0.2, 0) is 34.4 Å². The predicted octanol–water partition coefficient (Wildman–Crippen LogP) is 1.55. The number of aromatic nitrogens is 1. The topological polar surface area (TPSA) is 82.6 Å². The molecule has 0 atom stereocenters. The Morgan fingerprint density at radius 3 is 2.92 bits per heavy atom. The molecule has 0 spiro atoms. The lowest BCUT2D eigenvalue weighted by Crippen LogP contribution is -2.42. The average Bonchev–Trinajstić information content (AvgIpc) is 3.14. The zero-order valence-corrected chi connectivity index (χ0v) is 15.8. The van der Waals surface area contributed by atoms with Crippen LogP contribution < -0.4 is 5.32 Å². The Kier molecular flexibility index (Phi) is 5.02. The Balaban J connectivity index is 1.68. The summed E-state index contributed by atoms with van der Waals surface area (Å²) in [5.41, 5.74) is 0.872. The number of fused-ring (bicyclic) bond motifs is 1. The predicted molar refractivity (Wildman–Crippen MR) is 95.5 cm³/mol. The molecule has 3 rings (SSSR count). The van der Waals surface area contributed by atoms with Gasteiger partial charge in [-0.15, -0.1) is 22.7 Å². The largest absolute Gasteiger partial charge is 0.302 e. The first-order valence-electron chi connectivity index (χ1n) is 7.34. The maximum Gasteiger partial charge on any atom is 0.281 e. The molecule has 2 aromatic rings. The third kappa shape index (κ3) is 3.67. The van der Waals surface area contributed by atoms with Crippen LogP contribution in [0.3, 0.4) is 0 Å². The van der Waals surface area contributed by atoms with E-state index in [1.165, 1.54) is 45.4 Å². The standard InChI is InChI=1S/C14H18N4O3S3/c1-17(2)24(20,21)18-6-5-11-12(9-18)23-14(15-11)16-13(19)8-10-4-3-7-22-10/h3-4,7H,5-6,8-9H2,1-2H3,(H,15,16,19). The number of hydrogen-bond donors (Lipinski definition) is 1. The lowest BCUT2D eigenvalue weighted by Gasteiger charge is -2.27. The van der Waals surface area contributed by atoms with E-state index in [0.29, 0.717) is 31.1 Å². The second-order valence-corrected chi connectivity index (χ2v) is 9.83. The molecular weight excluding hydrogens is 368 g/mol. The van der Waals surface area contributed by atoms with Gasteiger partial charge in [0.15, 0.2) is 5.13 Å². The van der Waals surface area contributed by atoms with Gasteiger partial charge in [0.2, 0.25) is 5.91 Å². The van der Waals surface area contributed by atoms with E-state index in [1.807, 2.05) is 17.5 Å². The zero-order valence-electron chi connectivity index (χ0n) is 13.4. The summed E-state index contributed by atoms with van der Waals surface area (Å²) in [7, 11) is -0.388. The smallest absolute Gasteiger partial charge is 0.281 e. The number of anilines is 1. The number of thiophene rings is 1. The number of rotatable bonds is 5. The van der Waals surface area contributed by atoms with Gasteiger partial charge in [-0.2, -0.15) is 17.0 Å². The number of carbonyl (C=O) groups excluding carboxylic acids is 1. The maximum absolute atomic E-state index is 12.2. The van der Waals surface area contributed by atoms with Crippen molar-refractivity contribution in [2.75, 3.05) is 26.0 Å². The average molecular weight is 387 g/mol. The van der Waals surface area contributed by atoms with Crippen molar-refractivity contribution in [2.45, 2.75) is 19.4 Å². The van der Waals surface area contributed by atoms with Crippen molar-refractivity contribution in [1.29, 1.82) is 0 Å². The zero-order chi connectivity index (χ0) is 17.3. The van der Waals surface area contributed by atoms with E-state index >= 15 is 0 Å². The summed E-state index contributed by atoms with van der Waals surface area (Å²) in [5, 5.41) is 5.28. The first-order chi connectivity index (χ1) is 11.4. The third-order valence-electron chi connectivity index (χ3n) is 3.65. The lowest BCUT2D eigenvalue weighted by molar-refractivity contribution is -0.115. The Labute approximate surface area is 149 Å². The molecule has 0 bridgehead atoms. The van der Waals surface area contributed by atoms with E-state index < -0.39 is 10.2 Å². The summed E-state index contributed by atoms with van der Waals surface area (Å²) < 4.78 is 27.1. The highest BCUT2D eigenvalue weighted by Crippen LogP contribution is 2.30. The van der Waals surface area contributed by atoms with Crippen molar-refractivity contribution in [3.8, 4) is 0 Å². The summed E-state index contributed by atoms with van der Waals surface area (Å²) in [4.78, 5) is 18.4. The monoisotopic (exact) mass is 386 g/mol. The number of hydrogen-bond acceptors (Lipinski definition) is 6. The van der Waals surface area contributed by atoms with Gasteiger partial charge in [0.05, 0.1) is 18.7 Å². The molecule has 10 heteroatoms. The molecule has 24 heavy (non-hydrogen) atoms. The lowest BCUT2D eigenvalue weighted by atomic mass is 10.2. The van der Waals surface area contributed by atoms with Crippen LogP contribution in [0, 0.1) is 0 Å². The molecule has 0 aliphatic carbocycles. The van der Waals surface area contributed by atoms with Gasteiger partial charge in [0.25, 0.3) is 10.2 Å². The second kappa shape index (κ2) is 6.89. The summed E-state index contributed by atoms with van der Waals surface area (Å²) in [6, 6.07) is 3.83. The van der Waals surface area contributed by atoms with Crippen LogP contribution in [0.4, 0.5) is 5.13 Å². The van der Waals surface area contributed by atoms with Gasteiger partial charge in [0.1, 0.15) is 0 Å². The van der Waals surface area contributed by atoms with Gasteiger partial charge in [-0.1, -0.05) is 6.07 Å². The Hall–Kier alpha value is -1.33. The third-order valence-corrected chi connectivity index (χ3v) is 7.41. The molecule has 130 valence electrons. The van der Waals surface area contributed by atoms with Crippen LogP contribution in [0.5, 0.6) is 0 Å². The number of thiazole rings is 1. The van der Waals surface area contributed by atoms with Crippen LogP contribution in [0.25, 0.3) is 0 Å². The van der Waals surface area contributed by atoms with Crippen LogP contribution in [0.15, 0.2) is 17.5 Å². The van der Waals surface area contributed by atoms with Gasteiger partial charge >= 0.3 is 0 Å². The van der Waals surface area contributed by atoms with Crippen molar-refractivity contribution >= 4 is 43.9 Å². The van der Waals surface area contributed by atoms with Crippen LogP contribution in [0.1, 0.15) is 15.4 Å². The highest BCUT2D eigenvalue weighted by molar-refractivity contribution is 7.86. The molecule has 1 N–H and O–H groups in total. The summed E-state index contributed by atoms with van der Waals surface area (Å²) in [5.74, 6) is -0.110. The van der Waals surface area contributed by atoms with E-state index in [4.69, 9.17) is 0 Å². The minimum Gasteiger partial charge on any atom is -0.302 e. The molecule has 0 saturated carbocycles. The molecular formula is C14H18N4O3S3. The van der Waals surface area contributed by atoms with Crippen molar-refractivity contribution in [2.24, 2.45) is 0 Å². The molecule has 0 radical (unpaired) electrons. The van der Waals surface area contributed by atoms with Gasteiger partial charge < -0.3 is 5.32 Å². The van der Waals surface area contributed by atoms with Crippen molar-refractivity contribution in [3.63, 3.8) is 0 Å². The summed E-state index contributed by atoms with van der Waals surface area (Å²) in [6.45, 7) is 0.703. The van der Waals surface area contributed by atoms with Gasteiger partial charge in [0, 0.05) is 36.8 Å². The van der Waals surface area contributed by atoms with Crippen LogP contribution in [0.2, 0.25) is 0 Å². The van der Waals surface area contributed by atoms with Crippen LogP contribution >= 0.6 is 22.7 Å². The van der Waals surface area contributed by atoms with E-state index in [1.54, 1.807) is 0 Å². The molecule has 0 aromatic carbocycles. The molecule has 0 saturated heterocycles. The second-order valence-electron chi connectivity index (χ2n) is 5.57. The van der Waals surface area contributed by atoms with E-state index in [2.05, 4.69) is 10.3 Å². The van der Waals surface area contributed by atoms with E-state index in [9.17, 15) is 13.2 Å². The fourth-order valence-electron chi connectivity index (χ4n) is 2.39. The first-order valence-corrected chi connectivity index (χ1v) is 10.4. The van der Waals surface area contributed by atoms with Crippen molar-refractivity contribution < 1.29 is 13.2 Å². The number of carbonyl (C=O) groups is 1. The molecule has 1 aliphatic rings. The summed E-state index contributed by atoms with van der Waals surface area (Å²) in [6.07, 6.45) is 0.878. The Morgan fingerprint density at radius 1 is 1.46 bits per heavy atom. The SMILES string of the molecule is CN(C)S(=O)(=O)N1CCc2nc(NC(=O)Cc3cccs3)sc2C1. The Bertz CT molecular complexity index is 828. The Morgan fingerprint density at radius 2 is 2.25 bits per heavy atom. The highest BCUT2D eigenvalue weighted by atomic mass is 32.2. The molecule has 1 aliphatic heterocycles. The van der Waals surface area contributed by atoms with Crippen molar-refractivity contribution in [3.05, 3.63) is 33.0 Å². The number of nitrogens with zero attached hydrogens (tertiary/aromatic N) is 3. The molecule has 1 amide bonds. The molecule has 0 unspecified atom stereocenters. The number of amides is 1. The quantitative estimate of drug-likeness (QED) is 0.845. The summed E-state index contributed by atoms with van der Waals surface area (Å²) >= 11 is 2.88. The minimum absolute atomic E-state index is 0.110. The normalized spacial score (nSPS) is 15.5. The van der Waals surface area contributed by atoms with E-state index in [0.717, 1.165) is 15.4 Å². The highest BCUT2D eigenvalue weighted by Gasteiger charge is 2.30. The molecule has 2 aromatic heterocycles. The van der Waals surface area contributed by atoms with Gasteiger partial charge in [-0.25, -0.2) is 4.98 Å². The molecule has 3 heterocycles. The van der Waals surface area contributed by atoms with Crippen LogP contribution in [-0.4, -0.2) is 48.6 Å². The van der Waals surface area contributed by atoms with Crippen molar-refractivity contribution in [1.82, 2.24) is 13.6 Å². The fourth-order valence-corrected chi connectivity index (χ4v) is 5.29. The number of nitrogens with one attached hydrogen (secondary N) is 1. The molecule has 7 nitrogen and oxygen atoms in total. The van der Waals surface area contributed by atoms with Gasteiger partial charge in [-0.05, 0) is 11.4 Å². The van der Waals surface area contributed by atoms with Gasteiger partial charge in [-0.3, -0.25) is 4.79 Å². The molecule has 0 fully saturated rings. The first kappa shape index (κ1) is 17.5.